The van der Waals surface area contributed by atoms with Crippen LogP contribution in [0.15, 0.2) is 24.3 Å². The molecule has 0 unspecified atom stereocenters. The Morgan fingerprint density at radius 2 is 1.62 bits per heavy atom. The maximum Gasteiger partial charge on any atom is 0.251 e. The van der Waals surface area contributed by atoms with Crippen molar-refractivity contribution in [2.45, 2.75) is 52.9 Å². The summed E-state index contributed by atoms with van der Waals surface area (Å²) in [4.78, 5) is 12.2. The predicted octanol–water partition coefficient (Wildman–Crippen LogP) is 4.76. The summed E-state index contributed by atoms with van der Waals surface area (Å²) in [6, 6.07) is 7.86. The Labute approximate surface area is 134 Å². The Hall–Kier alpha value is -1.02. The number of amides is 1. The molecule has 0 atom stereocenters. The third-order valence-corrected chi connectivity index (χ3v) is 4.99. The molecule has 0 heterocycles. The lowest BCUT2D eigenvalue weighted by atomic mass is 9.84. The fraction of sp³-hybridized carbons (Fsp3) is 0.611. The van der Waals surface area contributed by atoms with Crippen molar-refractivity contribution in [3.8, 4) is 0 Å². The Morgan fingerprint density at radius 1 is 1.10 bits per heavy atom. The molecule has 0 aliphatic heterocycles. The van der Waals surface area contributed by atoms with E-state index in [1.807, 2.05) is 24.3 Å². The second kappa shape index (κ2) is 7.31. The molecule has 2 nitrogen and oxygen atoms in total. The molecule has 1 aromatic rings. The molecule has 0 aliphatic carbocycles. The van der Waals surface area contributed by atoms with Crippen LogP contribution in [0.3, 0.4) is 0 Å². The fourth-order valence-corrected chi connectivity index (χ4v) is 2.70. The summed E-state index contributed by atoms with van der Waals surface area (Å²) in [5, 5.41) is 3.03. The van der Waals surface area contributed by atoms with Crippen LogP contribution in [0.1, 0.15) is 63.4 Å². The summed E-state index contributed by atoms with van der Waals surface area (Å²) in [5.74, 6) is 0.551. The Balaban J connectivity index is 2.72. The van der Waals surface area contributed by atoms with E-state index in [0.717, 1.165) is 12.8 Å². The number of hydrogen-bond donors (Lipinski definition) is 1. The molecule has 21 heavy (non-hydrogen) atoms. The van der Waals surface area contributed by atoms with E-state index < -0.39 is 0 Å². The molecule has 1 N–H and O–H groups in total. The molecule has 3 heteroatoms. The first-order valence-corrected chi connectivity index (χ1v) is 8.26. The van der Waals surface area contributed by atoms with Crippen molar-refractivity contribution < 1.29 is 4.79 Å². The van der Waals surface area contributed by atoms with Crippen LogP contribution in [0.2, 0.25) is 0 Å². The minimum absolute atomic E-state index is 0.00255. The number of carbonyl (C=O) groups excluding carboxylic acids is 1. The van der Waals surface area contributed by atoms with Crippen molar-refractivity contribution in [1.82, 2.24) is 5.32 Å². The Morgan fingerprint density at radius 3 is 2.00 bits per heavy atom. The van der Waals surface area contributed by atoms with E-state index in [0.29, 0.717) is 18.0 Å². The molecule has 0 aromatic heterocycles. The summed E-state index contributed by atoms with van der Waals surface area (Å²) in [7, 11) is 0. The summed E-state index contributed by atoms with van der Waals surface area (Å²) in [6.45, 7) is 11.4. The van der Waals surface area contributed by atoms with E-state index in [9.17, 15) is 4.79 Å². The van der Waals surface area contributed by atoms with Gasteiger partial charge in [0.05, 0.1) is 0 Å². The third kappa shape index (κ3) is 4.74. The monoisotopic (exact) mass is 309 g/mol. The summed E-state index contributed by atoms with van der Waals surface area (Å²) >= 11 is 6.07. The van der Waals surface area contributed by atoms with E-state index in [2.05, 4.69) is 39.9 Å². The SMILES string of the molecule is CCC(CC)(CCl)CNC(=O)c1ccc(C(C)(C)C)cc1. The lowest BCUT2D eigenvalue weighted by Gasteiger charge is -2.29. The van der Waals surface area contributed by atoms with Gasteiger partial charge in [0.25, 0.3) is 5.91 Å². The van der Waals surface area contributed by atoms with Gasteiger partial charge in [-0.1, -0.05) is 46.8 Å². The topological polar surface area (TPSA) is 29.1 Å². The van der Waals surface area contributed by atoms with Gasteiger partial charge in [0, 0.05) is 23.4 Å². The van der Waals surface area contributed by atoms with Crippen molar-refractivity contribution in [1.29, 1.82) is 0 Å². The maximum absolute atomic E-state index is 12.2. The molecule has 0 spiro atoms. The number of benzene rings is 1. The highest BCUT2D eigenvalue weighted by molar-refractivity contribution is 6.18. The summed E-state index contributed by atoms with van der Waals surface area (Å²) in [5.41, 5.74) is 2.05. The van der Waals surface area contributed by atoms with Crippen molar-refractivity contribution in [2.75, 3.05) is 12.4 Å². The molecule has 1 aromatic carbocycles. The van der Waals surface area contributed by atoms with E-state index in [4.69, 9.17) is 11.6 Å². The quantitative estimate of drug-likeness (QED) is 0.754. The van der Waals surface area contributed by atoms with Gasteiger partial charge in [-0.25, -0.2) is 0 Å². The van der Waals surface area contributed by atoms with Crippen molar-refractivity contribution in [3.05, 3.63) is 35.4 Å². The zero-order valence-corrected chi connectivity index (χ0v) is 14.7. The highest BCUT2D eigenvalue weighted by atomic mass is 35.5. The van der Waals surface area contributed by atoms with Crippen molar-refractivity contribution in [2.24, 2.45) is 5.41 Å². The van der Waals surface area contributed by atoms with E-state index in [-0.39, 0.29) is 16.7 Å². The van der Waals surface area contributed by atoms with Crippen LogP contribution in [-0.2, 0) is 5.41 Å². The van der Waals surface area contributed by atoms with E-state index in [1.165, 1.54) is 5.56 Å². The average Bonchev–Trinajstić information content (AvgIpc) is 2.48. The molecule has 0 radical (unpaired) electrons. The van der Waals surface area contributed by atoms with Crippen LogP contribution in [0.25, 0.3) is 0 Å². The van der Waals surface area contributed by atoms with Crippen LogP contribution in [-0.4, -0.2) is 18.3 Å². The molecule has 1 rings (SSSR count). The van der Waals surface area contributed by atoms with Gasteiger partial charge in [0.1, 0.15) is 0 Å². The molecular weight excluding hydrogens is 282 g/mol. The zero-order chi connectivity index (χ0) is 16.1. The highest BCUT2D eigenvalue weighted by Gasteiger charge is 2.25. The number of alkyl halides is 1. The molecule has 118 valence electrons. The summed E-state index contributed by atoms with van der Waals surface area (Å²) < 4.78 is 0. The molecule has 0 bridgehead atoms. The zero-order valence-electron chi connectivity index (χ0n) is 13.9. The minimum Gasteiger partial charge on any atom is -0.351 e. The molecule has 0 saturated heterocycles. The molecular formula is C18H28ClNO. The minimum atomic E-state index is -0.0214. The standard InChI is InChI=1S/C18H28ClNO/c1-6-18(7-2,12-19)13-20-16(21)14-8-10-15(11-9-14)17(3,4)5/h8-11H,6-7,12-13H2,1-5H3,(H,20,21). The molecule has 0 aliphatic rings. The fourth-order valence-electron chi connectivity index (χ4n) is 2.23. The number of carbonyl (C=O) groups is 1. The largest absolute Gasteiger partial charge is 0.351 e. The Bertz CT molecular complexity index is 447. The molecule has 1 amide bonds. The second-order valence-electron chi connectivity index (χ2n) is 6.85. The first kappa shape index (κ1) is 18.0. The predicted molar refractivity (Wildman–Crippen MR) is 91.2 cm³/mol. The van der Waals surface area contributed by atoms with Crippen molar-refractivity contribution in [3.63, 3.8) is 0 Å². The number of halogens is 1. The lowest BCUT2D eigenvalue weighted by molar-refractivity contribution is 0.0931. The van der Waals surface area contributed by atoms with Crippen LogP contribution < -0.4 is 5.32 Å². The van der Waals surface area contributed by atoms with Gasteiger partial charge in [-0.15, -0.1) is 11.6 Å². The van der Waals surface area contributed by atoms with Crippen LogP contribution >= 0.6 is 11.6 Å². The highest BCUT2D eigenvalue weighted by Crippen LogP contribution is 2.27. The van der Waals surface area contributed by atoms with Gasteiger partial charge in [-0.2, -0.15) is 0 Å². The number of rotatable bonds is 6. The van der Waals surface area contributed by atoms with Crippen LogP contribution in [0.5, 0.6) is 0 Å². The average molecular weight is 310 g/mol. The number of nitrogens with one attached hydrogen (secondary N) is 1. The Kier molecular flexibility index (Phi) is 6.27. The smallest absolute Gasteiger partial charge is 0.251 e. The van der Waals surface area contributed by atoms with Gasteiger partial charge >= 0.3 is 0 Å². The third-order valence-electron chi connectivity index (χ3n) is 4.42. The maximum atomic E-state index is 12.2. The number of hydrogen-bond acceptors (Lipinski definition) is 1. The first-order chi connectivity index (χ1) is 9.78. The first-order valence-electron chi connectivity index (χ1n) is 7.72. The van der Waals surface area contributed by atoms with Gasteiger partial charge in [0.2, 0.25) is 0 Å². The second-order valence-corrected chi connectivity index (χ2v) is 7.12. The van der Waals surface area contributed by atoms with Gasteiger partial charge in [-0.05, 0) is 36.0 Å². The summed E-state index contributed by atoms with van der Waals surface area (Å²) in [6.07, 6.45) is 1.94. The normalized spacial score (nSPS) is 12.3. The van der Waals surface area contributed by atoms with Gasteiger partial charge in [-0.3, -0.25) is 4.79 Å². The van der Waals surface area contributed by atoms with Gasteiger partial charge < -0.3 is 5.32 Å². The van der Waals surface area contributed by atoms with Crippen LogP contribution in [0, 0.1) is 5.41 Å². The van der Waals surface area contributed by atoms with Gasteiger partial charge in [0.15, 0.2) is 0 Å². The van der Waals surface area contributed by atoms with Crippen molar-refractivity contribution >= 4 is 17.5 Å². The van der Waals surface area contributed by atoms with E-state index >= 15 is 0 Å². The molecule has 0 fully saturated rings. The lowest BCUT2D eigenvalue weighted by Crippen LogP contribution is -2.38. The van der Waals surface area contributed by atoms with Crippen LogP contribution in [0.4, 0.5) is 0 Å². The van der Waals surface area contributed by atoms with E-state index in [1.54, 1.807) is 0 Å². The molecule has 0 saturated carbocycles.